The van der Waals surface area contributed by atoms with Gasteiger partial charge in [-0.25, -0.2) is 4.79 Å². The molecule has 0 radical (unpaired) electrons. The molecule has 0 aliphatic rings. The number of rotatable bonds is 3. The summed E-state index contributed by atoms with van der Waals surface area (Å²) in [6.07, 6.45) is -2.22. The summed E-state index contributed by atoms with van der Waals surface area (Å²) in [5.74, 6) is -0.633. The first-order valence-electron chi connectivity index (χ1n) is 5.06. The van der Waals surface area contributed by atoms with Gasteiger partial charge in [0.25, 0.3) is 0 Å². The summed E-state index contributed by atoms with van der Waals surface area (Å²) in [7, 11) is 0. The first kappa shape index (κ1) is 14.6. The fourth-order valence-electron chi connectivity index (χ4n) is 1.20. The van der Waals surface area contributed by atoms with Crippen molar-refractivity contribution < 1.29 is 22.7 Å². The molecule has 0 unspecified atom stereocenters. The van der Waals surface area contributed by atoms with Crippen molar-refractivity contribution in [3.63, 3.8) is 0 Å². The topological polar surface area (TPSA) is 26.3 Å². The zero-order valence-corrected chi connectivity index (χ0v) is 10.2. The Hall–Kier alpha value is -1.49. The van der Waals surface area contributed by atoms with Crippen molar-refractivity contribution in [1.82, 2.24) is 0 Å². The predicted molar refractivity (Wildman–Crippen MR) is 62.1 cm³/mol. The molecule has 1 aromatic carbocycles. The van der Waals surface area contributed by atoms with Gasteiger partial charge in [0.1, 0.15) is 0 Å². The molecule has 0 saturated carbocycles. The SMILES string of the molecule is CCOC(=O)C=Cc1cc(C(F)(F)F)ccc1Cl. The lowest BCUT2D eigenvalue weighted by atomic mass is 10.1. The van der Waals surface area contributed by atoms with Crippen LogP contribution >= 0.6 is 11.6 Å². The van der Waals surface area contributed by atoms with Crippen molar-refractivity contribution >= 4 is 23.6 Å². The van der Waals surface area contributed by atoms with E-state index < -0.39 is 17.7 Å². The second-order valence-electron chi connectivity index (χ2n) is 3.32. The van der Waals surface area contributed by atoms with Crippen molar-refractivity contribution in [1.29, 1.82) is 0 Å². The molecule has 0 fully saturated rings. The van der Waals surface area contributed by atoms with Gasteiger partial charge in [-0.05, 0) is 36.8 Å². The molecule has 0 aromatic heterocycles. The van der Waals surface area contributed by atoms with Crippen LogP contribution in [0.3, 0.4) is 0 Å². The van der Waals surface area contributed by atoms with Crippen LogP contribution in [0.15, 0.2) is 24.3 Å². The molecule has 0 aliphatic carbocycles. The van der Waals surface area contributed by atoms with E-state index in [4.69, 9.17) is 11.6 Å². The molecule has 0 atom stereocenters. The smallest absolute Gasteiger partial charge is 0.416 e. The fraction of sp³-hybridized carbons (Fsp3) is 0.250. The van der Waals surface area contributed by atoms with Crippen LogP contribution in [0.25, 0.3) is 6.08 Å². The fourth-order valence-corrected chi connectivity index (χ4v) is 1.38. The third-order valence-electron chi connectivity index (χ3n) is 2.01. The molecule has 0 heterocycles. The summed E-state index contributed by atoms with van der Waals surface area (Å²) >= 11 is 5.74. The van der Waals surface area contributed by atoms with Gasteiger partial charge < -0.3 is 4.74 Å². The van der Waals surface area contributed by atoms with Crippen LogP contribution in [0.1, 0.15) is 18.1 Å². The summed E-state index contributed by atoms with van der Waals surface area (Å²) < 4.78 is 42.0. The van der Waals surface area contributed by atoms with Gasteiger partial charge in [0.05, 0.1) is 12.2 Å². The quantitative estimate of drug-likeness (QED) is 0.618. The number of benzene rings is 1. The summed E-state index contributed by atoms with van der Waals surface area (Å²) in [4.78, 5) is 11.0. The summed E-state index contributed by atoms with van der Waals surface area (Å²) in [5, 5.41) is 0.128. The molecule has 1 rings (SSSR count). The minimum atomic E-state index is -4.45. The minimum absolute atomic E-state index is 0.111. The highest BCUT2D eigenvalue weighted by Crippen LogP contribution is 2.32. The Morgan fingerprint density at radius 3 is 2.67 bits per heavy atom. The van der Waals surface area contributed by atoms with E-state index in [1.165, 1.54) is 6.08 Å². The van der Waals surface area contributed by atoms with Crippen molar-refractivity contribution in [2.75, 3.05) is 6.61 Å². The second kappa shape index (κ2) is 5.91. The summed E-state index contributed by atoms with van der Waals surface area (Å²) in [5.41, 5.74) is -0.713. The Kier molecular flexibility index (Phi) is 4.78. The molecular formula is C12H10ClF3O2. The van der Waals surface area contributed by atoms with E-state index in [0.29, 0.717) is 0 Å². The molecular weight excluding hydrogens is 269 g/mol. The maximum absolute atomic E-state index is 12.5. The first-order chi connectivity index (χ1) is 8.34. The normalized spacial score (nSPS) is 11.8. The molecule has 0 aliphatic heterocycles. The van der Waals surface area contributed by atoms with Crippen LogP contribution < -0.4 is 0 Å². The standard InChI is InChI=1S/C12H10ClF3O2/c1-2-18-11(17)6-3-8-7-9(12(14,15)16)4-5-10(8)13/h3-7H,2H2,1H3. The Balaban J connectivity index is 2.98. The van der Waals surface area contributed by atoms with Gasteiger partial charge in [-0.3, -0.25) is 0 Å². The Bertz CT molecular complexity index is 467. The van der Waals surface area contributed by atoms with Crippen LogP contribution in [0.5, 0.6) is 0 Å². The zero-order chi connectivity index (χ0) is 13.8. The van der Waals surface area contributed by atoms with Crippen LogP contribution in [0.2, 0.25) is 5.02 Å². The van der Waals surface area contributed by atoms with E-state index in [1.807, 2.05) is 0 Å². The molecule has 0 spiro atoms. The van der Waals surface area contributed by atoms with Crippen molar-refractivity contribution in [2.45, 2.75) is 13.1 Å². The largest absolute Gasteiger partial charge is 0.463 e. The van der Waals surface area contributed by atoms with E-state index in [0.717, 1.165) is 24.3 Å². The third-order valence-corrected chi connectivity index (χ3v) is 2.35. The van der Waals surface area contributed by atoms with E-state index in [-0.39, 0.29) is 17.2 Å². The number of esters is 1. The van der Waals surface area contributed by atoms with Gasteiger partial charge in [0.15, 0.2) is 0 Å². The number of carbonyl (C=O) groups is 1. The molecule has 18 heavy (non-hydrogen) atoms. The summed E-state index contributed by atoms with van der Waals surface area (Å²) in [6, 6.07) is 2.89. The Morgan fingerprint density at radius 1 is 1.44 bits per heavy atom. The number of carbonyl (C=O) groups excluding carboxylic acids is 1. The summed E-state index contributed by atoms with van der Waals surface area (Å²) in [6.45, 7) is 1.82. The van der Waals surface area contributed by atoms with Crippen LogP contribution in [-0.2, 0) is 15.7 Å². The van der Waals surface area contributed by atoms with E-state index in [9.17, 15) is 18.0 Å². The number of halogens is 4. The second-order valence-corrected chi connectivity index (χ2v) is 3.73. The van der Waals surface area contributed by atoms with E-state index in [1.54, 1.807) is 6.92 Å². The molecule has 1 aromatic rings. The van der Waals surface area contributed by atoms with Gasteiger partial charge in [-0.2, -0.15) is 13.2 Å². The number of ether oxygens (including phenoxy) is 1. The number of hydrogen-bond donors (Lipinski definition) is 0. The number of hydrogen-bond acceptors (Lipinski definition) is 2. The molecule has 2 nitrogen and oxygen atoms in total. The van der Waals surface area contributed by atoms with Gasteiger partial charge in [0.2, 0.25) is 0 Å². The maximum Gasteiger partial charge on any atom is 0.416 e. The molecule has 0 N–H and O–H groups in total. The average Bonchev–Trinajstić information content (AvgIpc) is 2.26. The minimum Gasteiger partial charge on any atom is -0.463 e. The van der Waals surface area contributed by atoms with Gasteiger partial charge in [-0.1, -0.05) is 11.6 Å². The average molecular weight is 279 g/mol. The van der Waals surface area contributed by atoms with Crippen LogP contribution in [0, 0.1) is 0 Å². The Morgan fingerprint density at radius 2 is 2.11 bits per heavy atom. The molecule has 98 valence electrons. The van der Waals surface area contributed by atoms with E-state index >= 15 is 0 Å². The molecule has 0 amide bonds. The highest BCUT2D eigenvalue weighted by molar-refractivity contribution is 6.32. The highest BCUT2D eigenvalue weighted by atomic mass is 35.5. The van der Waals surface area contributed by atoms with Crippen LogP contribution in [0.4, 0.5) is 13.2 Å². The molecule has 6 heteroatoms. The van der Waals surface area contributed by atoms with E-state index in [2.05, 4.69) is 4.74 Å². The lowest BCUT2D eigenvalue weighted by Crippen LogP contribution is -2.05. The zero-order valence-electron chi connectivity index (χ0n) is 9.42. The van der Waals surface area contributed by atoms with Crippen LogP contribution in [-0.4, -0.2) is 12.6 Å². The monoisotopic (exact) mass is 278 g/mol. The van der Waals surface area contributed by atoms with Crippen molar-refractivity contribution in [3.8, 4) is 0 Å². The first-order valence-corrected chi connectivity index (χ1v) is 5.44. The van der Waals surface area contributed by atoms with Gasteiger partial charge in [-0.15, -0.1) is 0 Å². The lowest BCUT2D eigenvalue weighted by Gasteiger charge is -2.08. The Labute approximate surface area is 107 Å². The lowest BCUT2D eigenvalue weighted by molar-refractivity contribution is -0.138. The highest BCUT2D eigenvalue weighted by Gasteiger charge is 2.30. The van der Waals surface area contributed by atoms with Gasteiger partial charge in [0, 0.05) is 11.1 Å². The predicted octanol–water partition coefficient (Wildman–Crippen LogP) is 3.94. The molecule has 0 saturated heterocycles. The number of alkyl halides is 3. The maximum atomic E-state index is 12.5. The van der Waals surface area contributed by atoms with Crippen molar-refractivity contribution in [2.24, 2.45) is 0 Å². The van der Waals surface area contributed by atoms with Crippen molar-refractivity contribution in [3.05, 3.63) is 40.4 Å². The third kappa shape index (κ3) is 4.07. The molecule has 0 bridgehead atoms. The van der Waals surface area contributed by atoms with Gasteiger partial charge >= 0.3 is 12.1 Å².